The molecule has 0 aliphatic carbocycles. The second kappa shape index (κ2) is 4.30. The van der Waals surface area contributed by atoms with E-state index in [2.05, 4.69) is 8.67 Å². The highest BCUT2D eigenvalue weighted by Crippen LogP contribution is 1.92. The van der Waals surface area contributed by atoms with Crippen molar-refractivity contribution < 1.29 is 34.6 Å². The van der Waals surface area contributed by atoms with E-state index in [-0.39, 0.29) is 17.0 Å². The van der Waals surface area contributed by atoms with Crippen LogP contribution in [0.4, 0.5) is 0 Å². The van der Waals surface area contributed by atoms with Gasteiger partial charge in [0.05, 0.1) is 0 Å². The fourth-order valence-electron chi connectivity index (χ4n) is 0.0702. The molecule has 0 aliphatic rings. The van der Waals surface area contributed by atoms with Gasteiger partial charge in [-0.2, -0.15) is 16.8 Å². The van der Waals surface area contributed by atoms with Crippen molar-refractivity contribution in [2.24, 2.45) is 0 Å². The van der Waals surface area contributed by atoms with E-state index < -0.39 is 20.8 Å². The lowest BCUT2D eigenvalue weighted by Gasteiger charge is -1.92. The zero-order valence-electron chi connectivity index (χ0n) is 4.57. The van der Waals surface area contributed by atoms with Crippen LogP contribution in [0.2, 0.25) is 0 Å². The first-order valence-electron chi connectivity index (χ1n) is 1.53. The van der Waals surface area contributed by atoms with Crippen LogP contribution in [0.1, 0.15) is 0 Å². The van der Waals surface area contributed by atoms with E-state index in [4.69, 9.17) is 9.11 Å². The molecule has 0 saturated heterocycles. The van der Waals surface area contributed by atoms with E-state index in [1.807, 2.05) is 0 Å². The van der Waals surface area contributed by atoms with Crippen molar-refractivity contribution in [3.05, 3.63) is 0 Å². The van der Waals surface area contributed by atoms with Gasteiger partial charge in [-0.05, 0) is 0 Å². The molecule has 11 heavy (non-hydrogen) atoms. The summed E-state index contributed by atoms with van der Waals surface area (Å²) < 4.78 is 58.9. The molecule has 0 rings (SSSR count). The molecule has 0 atom stereocenters. The fourth-order valence-corrected chi connectivity index (χ4v) is 0.632. The first-order valence-corrected chi connectivity index (χ1v) is 4.26. The van der Waals surface area contributed by atoms with Gasteiger partial charge in [-0.15, -0.1) is 17.0 Å². The lowest BCUT2D eigenvalue weighted by molar-refractivity contribution is -0.105. The topological polar surface area (TPSA) is 127 Å². The molecule has 0 spiro atoms. The maximum atomic E-state index is 9.51. The van der Waals surface area contributed by atoms with E-state index in [0.717, 1.165) is 0 Å². The fraction of sp³-hybridized carbons (Fsp3) is 0. The van der Waals surface area contributed by atoms with Crippen LogP contribution in [0.15, 0.2) is 0 Å². The molecular weight excluding hydrogens is 272 g/mol. The summed E-state index contributed by atoms with van der Waals surface area (Å²) >= 11 is 0. The lowest BCUT2D eigenvalue weighted by Crippen LogP contribution is -2.10. The van der Waals surface area contributed by atoms with E-state index in [0.29, 0.717) is 0 Å². The van der Waals surface area contributed by atoms with Crippen molar-refractivity contribution >= 4 is 37.8 Å². The normalized spacial score (nSPS) is 12.2. The zero-order valence-corrected chi connectivity index (χ0v) is 7.91. The molecule has 0 fully saturated rings. The molecule has 0 aromatic rings. The van der Waals surface area contributed by atoms with Crippen LogP contribution in [0.5, 0.6) is 0 Å². The van der Waals surface area contributed by atoms with E-state index in [1.165, 1.54) is 0 Å². The Balaban J connectivity index is 0. The number of hydrogen-bond donors (Lipinski definition) is 2. The Bertz CT molecular complexity index is 248. The van der Waals surface area contributed by atoms with Gasteiger partial charge >= 0.3 is 20.8 Å². The first-order chi connectivity index (χ1) is 4.21. The lowest BCUT2D eigenvalue weighted by atomic mass is 14.9. The summed E-state index contributed by atoms with van der Waals surface area (Å²) in [5.74, 6) is 0. The summed E-state index contributed by atoms with van der Waals surface area (Å²) in [4.78, 5) is 0. The van der Waals surface area contributed by atoms with Gasteiger partial charge in [0.1, 0.15) is 0 Å². The van der Waals surface area contributed by atoms with Crippen LogP contribution in [-0.2, 0) is 29.5 Å². The van der Waals surface area contributed by atoms with Gasteiger partial charge in [-0.25, -0.2) is 0 Å². The van der Waals surface area contributed by atoms with Crippen LogP contribution < -0.4 is 0 Å². The van der Waals surface area contributed by atoms with Gasteiger partial charge in [0.2, 0.25) is 0 Å². The minimum absolute atomic E-state index is 0. The van der Waals surface area contributed by atoms with Crippen LogP contribution in [-0.4, -0.2) is 25.9 Å². The highest BCUT2D eigenvalue weighted by molar-refractivity contribution is 8.93. The van der Waals surface area contributed by atoms with Crippen LogP contribution >= 0.6 is 17.0 Å². The van der Waals surface area contributed by atoms with Crippen LogP contribution in [0.3, 0.4) is 0 Å². The predicted molar refractivity (Wildman–Crippen MR) is 35.6 cm³/mol. The molecule has 0 aromatic carbocycles. The standard InChI is InChI=1S/BrH.H2O8S2/c;1-9(2,3)7-8-10(4,5)6/h1H;(H,1,2,3)(H,4,5,6). The minimum Gasteiger partial charge on any atom is -0.262 e. The molecule has 0 amide bonds. The quantitative estimate of drug-likeness (QED) is 0.386. The second-order valence-corrected chi connectivity index (χ2v) is 2.97. The van der Waals surface area contributed by atoms with E-state index >= 15 is 0 Å². The zero-order chi connectivity index (χ0) is 8.41. The molecule has 0 bridgehead atoms. The summed E-state index contributed by atoms with van der Waals surface area (Å²) in [5, 5.41) is 0. The minimum atomic E-state index is -5.02. The van der Waals surface area contributed by atoms with Crippen molar-refractivity contribution in [2.45, 2.75) is 0 Å². The Labute approximate surface area is 72.7 Å². The number of halogens is 1. The van der Waals surface area contributed by atoms with Crippen LogP contribution in [0, 0.1) is 0 Å². The molecule has 0 radical (unpaired) electrons. The molecule has 0 saturated carbocycles. The predicted octanol–water partition coefficient (Wildman–Crippen LogP) is -0.882. The van der Waals surface area contributed by atoms with E-state index in [9.17, 15) is 16.8 Å². The molecule has 0 aliphatic heterocycles. The van der Waals surface area contributed by atoms with Gasteiger partial charge in [0, 0.05) is 0 Å². The third-order valence-electron chi connectivity index (χ3n) is 0.200. The average Bonchev–Trinajstić information content (AvgIpc) is 1.57. The smallest absolute Gasteiger partial charge is 0.262 e. The Morgan fingerprint density at radius 2 is 1.00 bits per heavy atom. The largest absolute Gasteiger partial charge is 0.425 e. The SMILES string of the molecule is Br.O=S(=O)(O)OOS(=O)(=O)O. The molecule has 8 nitrogen and oxygen atoms in total. The summed E-state index contributed by atoms with van der Waals surface area (Å²) in [6, 6.07) is 0. The average molecular weight is 275 g/mol. The Morgan fingerprint density at radius 3 is 1.09 bits per heavy atom. The third kappa shape index (κ3) is 13.2. The van der Waals surface area contributed by atoms with Crippen molar-refractivity contribution in [3.63, 3.8) is 0 Å². The highest BCUT2D eigenvalue weighted by Gasteiger charge is 2.13. The molecule has 0 unspecified atom stereocenters. The number of hydrogen-bond acceptors (Lipinski definition) is 6. The third-order valence-corrected chi connectivity index (χ3v) is 0.766. The van der Waals surface area contributed by atoms with Crippen molar-refractivity contribution in [2.75, 3.05) is 0 Å². The van der Waals surface area contributed by atoms with Crippen molar-refractivity contribution in [1.29, 1.82) is 0 Å². The maximum absolute atomic E-state index is 9.51. The van der Waals surface area contributed by atoms with Crippen molar-refractivity contribution in [1.82, 2.24) is 0 Å². The maximum Gasteiger partial charge on any atom is 0.425 e. The van der Waals surface area contributed by atoms with Gasteiger partial charge < -0.3 is 0 Å². The molecule has 11 heteroatoms. The Hall–Kier alpha value is 0.220. The second-order valence-electron chi connectivity index (χ2n) is 0.992. The van der Waals surface area contributed by atoms with E-state index in [1.54, 1.807) is 0 Å². The molecule has 0 aromatic heterocycles. The Kier molecular flexibility index (Phi) is 5.38. The van der Waals surface area contributed by atoms with Gasteiger partial charge in [0.15, 0.2) is 0 Å². The first kappa shape index (κ1) is 13.8. The summed E-state index contributed by atoms with van der Waals surface area (Å²) in [6.07, 6.45) is 0. The summed E-state index contributed by atoms with van der Waals surface area (Å²) in [5.41, 5.74) is 0. The molecule has 2 N–H and O–H groups in total. The molecule has 0 heterocycles. The monoisotopic (exact) mass is 274 g/mol. The summed E-state index contributed by atoms with van der Waals surface area (Å²) in [6.45, 7) is 0. The highest BCUT2D eigenvalue weighted by atomic mass is 79.9. The number of rotatable bonds is 3. The Morgan fingerprint density at radius 1 is 0.818 bits per heavy atom. The summed E-state index contributed by atoms with van der Waals surface area (Å²) in [7, 11) is -10.0. The van der Waals surface area contributed by atoms with Gasteiger partial charge in [-0.3, -0.25) is 9.11 Å². The van der Waals surface area contributed by atoms with Crippen molar-refractivity contribution in [3.8, 4) is 0 Å². The molecular formula is H3BrO8S2. The van der Waals surface area contributed by atoms with Crippen LogP contribution in [0.25, 0.3) is 0 Å². The van der Waals surface area contributed by atoms with Gasteiger partial charge in [-0.1, -0.05) is 8.67 Å². The van der Waals surface area contributed by atoms with Gasteiger partial charge in [0.25, 0.3) is 0 Å². The molecule has 70 valence electrons.